The third-order valence-corrected chi connectivity index (χ3v) is 4.14. The number of esters is 1. The van der Waals surface area contributed by atoms with Crippen LogP contribution in [0.4, 0.5) is 23.2 Å². The van der Waals surface area contributed by atoms with E-state index in [-0.39, 0.29) is 17.9 Å². The van der Waals surface area contributed by atoms with Crippen molar-refractivity contribution in [2.45, 2.75) is 17.7 Å². The van der Waals surface area contributed by atoms with E-state index in [1.165, 1.54) is 36.0 Å². The first-order valence-electron chi connectivity index (χ1n) is 7.91. The number of carbonyl (C=O) groups is 2. The van der Waals surface area contributed by atoms with Gasteiger partial charge in [-0.25, -0.2) is 4.39 Å². The Morgan fingerprint density at radius 1 is 1.00 bits per heavy atom. The van der Waals surface area contributed by atoms with E-state index < -0.39 is 30.6 Å². The molecule has 0 aliphatic rings. The lowest BCUT2D eigenvalue weighted by Gasteiger charge is -2.10. The van der Waals surface area contributed by atoms with Crippen LogP contribution in [-0.4, -0.2) is 30.6 Å². The molecule has 0 aromatic heterocycles. The summed E-state index contributed by atoms with van der Waals surface area (Å²) in [6.45, 7) is -0.527. The Kier molecular flexibility index (Phi) is 7.68. The summed E-state index contributed by atoms with van der Waals surface area (Å²) in [7, 11) is 0. The highest BCUT2D eigenvalue weighted by Crippen LogP contribution is 2.24. The maximum Gasteiger partial charge on any atom is 0.573 e. The van der Waals surface area contributed by atoms with Crippen LogP contribution in [0.1, 0.15) is 6.42 Å². The molecule has 0 aliphatic carbocycles. The number of amides is 1. The summed E-state index contributed by atoms with van der Waals surface area (Å²) in [6, 6.07) is 10.3. The molecule has 1 amide bonds. The van der Waals surface area contributed by atoms with Crippen LogP contribution in [0, 0.1) is 5.82 Å². The fraction of sp³-hybridized carbons (Fsp3) is 0.222. The Bertz CT molecular complexity index is 795. The average Bonchev–Trinajstić information content (AvgIpc) is 2.62. The number of halogens is 4. The summed E-state index contributed by atoms with van der Waals surface area (Å²) in [4.78, 5) is 24.1. The first kappa shape index (κ1) is 21.5. The van der Waals surface area contributed by atoms with Gasteiger partial charge in [0.15, 0.2) is 6.61 Å². The van der Waals surface area contributed by atoms with E-state index in [2.05, 4.69) is 10.1 Å². The summed E-state index contributed by atoms with van der Waals surface area (Å²) in [6.07, 6.45) is -4.74. The Hall–Kier alpha value is -2.75. The molecular formula is C18H15F4NO4S. The molecule has 0 atom stereocenters. The number of thioether (sulfide) groups is 1. The number of ether oxygens (including phenoxy) is 2. The molecule has 0 unspecified atom stereocenters. The molecule has 1 N–H and O–H groups in total. The van der Waals surface area contributed by atoms with Crippen LogP contribution in [0.15, 0.2) is 53.4 Å². The molecule has 28 heavy (non-hydrogen) atoms. The maximum atomic E-state index is 12.8. The zero-order valence-corrected chi connectivity index (χ0v) is 15.1. The number of benzene rings is 2. The summed E-state index contributed by atoms with van der Waals surface area (Å²) < 4.78 is 57.5. The van der Waals surface area contributed by atoms with Gasteiger partial charge in [0.05, 0.1) is 6.42 Å². The molecule has 0 spiro atoms. The number of hydrogen-bond acceptors (Lipinski definition) is 5. The van der Waals surface area contributed by atoms with Gasteiger partial charge < -0.3 is 14.8 Å². The summed E-state index contributed by atoms with van der Waals surface area (Å²) in [5, 5.41) is 2.38. The van der Waals surface area contributed by atoms with Crippen molar-refractivity contribution in [1.82, 2.24) is 0 Å². The van der Waals surface area contributed by atoms with E-state index in [4.69, 9.17) is 4.74 Å². The van der Waals surface area contributed by atoms with Gasteiger partial charge in [0, 0.05) is 16.3 Å². The molecule has 0 saturated heterocycles. The van der Waals surface area contributed by atoms with Gasteiger partial charge >= 0.3 is 12.3 Å². The third kappa shape index (κ3) is 8.30. The first-order chi connectivity index (χ1) is 13.2. The molecule has 2 rings (SSSR count). The Labute approximate surface area is 162 Å². The summed E-state index contributed by atoms with van der Waals surface area (Å²) >= 11 is 1.34. The zero-order chi connectivity index (χ0) is 20.6. The van der Waals surface area contributed by atoms with Crippen LogP contribution in [0.5, 0.6) is 5.75 Å². The van der Waals surface area contributed by atoms with E-state index in [0.29, 0.717) is 5.75 Å². The van der Waals surface area contributed by atoms with E-state index >= 15 is 0 Å². The van der Waals surface area contributed by atoms with E-state index in [9.17, 15) is 27.2 Å². The van der Waals surface area contributed by atoms with Crippen LogP contribution < -0.4 is 10.1 Å². The number of carbonyl (C=O) groups excluding carboxylic acids is 2. The molecule has 0 radical (unpaired) electrons. The number of nitrogens with one attached hydrogen (secondary N) is 1. The van der Waals surface area contributed by atoms with Gasteiger partial charge in [-0.2, -0.15) is 0 Å². The van der Waals surface area contributed by atoms with Crippen molar-refractivity contribution in [3.05, 3.63) is 54.3 Å². The molecular weight excluding hydrogens is 402 g/mol. The highest BCUT2D eigenvalue weighted by Gasteiger charge is 2.30. The Morgan fingerprint density at radius 2 is 1.64 bits per heavy atom. The molecule has 2 aromatic carbocycles. The van der Waals surface area contributed by atoms with Crippen molar-refractivity contribution < 1.29 is 36.6 Å². The smallest absolute Gasteiger partial charge is 0.456 e. The normalized spacial score (nSPS) is 11.0. The van der Waals surface area contributed by atoms with Gasteiger partial charge in [-0.1, -0.05) is 0 Å². The number of alkyl halides is 3. The van der Waals surface area contributed by atoms with Gasteiger partial charge in [0.25, 0.3) is 5.91 Å². The largest absolute Gasteiger partial charge is 0.573 e. The fourth-order valence-corrected chi connectivity index (χ4v) is 2.77. The average molecular weight is 417 g/mol. The lowest BCUT2D eigenvalue weighted by atomic mass is 10.3. The molecule has 5 nitrogen and oxygen atoms in total. The Morgan fingerprint density at radius 3 is 2.25 bits per heavy atom. The van der Waals surface area contributed by atoms with Crippen molar-refractivity contribution in [1.29, 1.82) is 0 Å². The minimum Gasteiger partial charge on any atom is -0.456 e. The van der Waals surface area contributed by atoms with E-state index in [0.717, 1.165) is 17.0 Å². The SMILES string of the molecule is O=C(COC(=O)CCSc1ccc(F)cc1)Nc1ccc(OC(F)(F)F)cc1. The van der Waals surface area contributed by atoms with Crippen molar-refractivity contribution >= 4 is 29.3 Å². The number of anilines is 1. The van der Waals surface area contributed by atoms with Crippen LogP contribution in [0.3, 0.4) is 0 Å². The topological polar surface area (TPSA) is 64.6 Å². The van der Waals surface area contributed by atoms with Crippen LogP contribution in [0.25, 0.3) is 0 Å². The minimum atomic E-state index is -4.80. The predicted molar refractivity (Wildman–Crippen MR) is 94.5 cm³/mol. The molecule has 2 aromatic rings. The third-order valence-electron chi connectivity index (χ3n) is 3.12. The van der Waals surface area contributed by atoms with Crippen molar-refractivity contribution in [3.63, 3.8) is 0 Å². The lowest BCUT2D eigenvalue weighted by Crippen LogP contribution is -2.21. The quantitative estimate of drug-likeness (QED) is 0.392. The molecule has 150 valence electrons. The molecule has 10 heteroatoms. The van der Waals surface area contributed by atoms with Crippen LogP contribution in [0.2, 0.25) is 0 Å². The van der Waals surface area contributed by atoms with E-state index in [1.54, 1.807) is 12.1 Å². The number of hydrogen-bond donors (Lipinski definition) is 1. The Balaban J connectivity index is 1.67. The predicted octanol–water partition coefficient (Wildman–Crippen LogP) is 4.39. The molecule has 0 bridgehead atoms. The van der Waals surface area contributed by atoms with Gasteiger partial charge in [0.2, 0.25) is 0 Å². The highest BCUT2D eigenvalue weighted by atomic mass is 32.2. The lowest BCUT2D eigenvalue weighted by molar-refractivity contribution is -0.274. The second-order valence-electron chi connectivity index (χ2n) is 5.33. The van der Waals surface area contributed by atoms with Gasteiger partial charge in [-0.15, -0.1) is 24.9 Å². The number of rotatable bonds is 8. The molecule has 0 saturated carbocycles. The van der Waals surface area contributed by atoms with Crippen molar-refractivity contribution in [2.75, 3.05) is 17.7 Å². The van der Waals surface area contributed by atoms with Crippen LogP contribution in [-0.2, 0) is 14.3 Å². The molecule has 0 aliphatic heterocycles. The molecule has 0 fully saturated rings. The van der Waals surface area contributed by atoms with Crippen molar-refractivity contribution in [3.8, 4) is 5.75 Å². The van der Waals surface area contributed by atoms with Crippen molar-refractivity contribution in [2.24, 2.45) is 0 Å². The fourth-order valence-electron chi connectivity index (χ4n) is 1.94. The highest BCUT2D eigenvalue weighted by molar-refractivity contribution is 7.99. The van der Waals surface area contributed by atoms with Crippen LogP contribution >= 0.6 is 11.8 Å². The maximum absolute atomic E-state index is 12.8. The summed E-state index contributed by atoms with van der Waals surface area (Å²) in [5.41, 5.74) is 0.224. The second-order valence-corrected chi connectivity index (χ2v) is 6.50. The first-order valence-corrected chi connectivity index (χ1v) is 8.89. The summed E-state index contributed by atoms with van der Waals surface area (Å²) in [5.74, 6) is -1.59. The van der Waals surface area contributed by atoms with E-state index in [1.807, 2.05) is 0 Å². The minimum absolute atomic E-state index is 0.0544. The van der Waals surface area contributed by atoms with Gasteiger partial charge in [-0.3, -0.25) is 9.59 Å². The zero-order valence-electron chi connectivity index (χ0n) is 14.3. The molecule has 0 heterocycles. The second kappa shape index (κ2) is 9.98. The van der Waals surface area contributed by atoms with Gasteiger partial charge in [0.1, 0.15) is 11.6 Å². The standard InChI is InChI=1S/C18H15F4NO4S/c19-12-1-7-15(8-2-12)28-10-9-17(25)26-11-16(24)23-13-3-5-14(6-4-13)27-18(20,21)22/h1-8H,9-11H2,(H,23,24). The van der Waals surface area contributed by atoms with Gasteiger partial charge in [-0.05, 0) is 48.5 Å². The monoisotopic (exact) mass is 417 g/mol.